The Hall–Kier alpha value is -2.37. The summed E-state index contributed by atoms with van der Waals surface area (Å²) in [6.07, 6.45) is 0. The second-order valence-electron chi connectivity index (χ2n) is 3.75. The van der Waals surface area contributed by atoms with Crippen LogP contribution in [0.5, 0.6) is 0 Å². The first-order valence-corrected chi connectivity index (χ1v) is 5.59. The number of hydrogen-bond donors (Lipinski definition) is 2. The molecule has 0 aliphatic rings. The third-order valence-corrected chi connectivity index (χ3v) is 2.27. The quantitative estimate of drug-likeness (QED) is 0.854. The fraction of sp³-hybridized carbons (Fsp3) is 0.250. The Labute approximate surface area is 104 Å². The van der Waals surface area contributed by atoms with Crippen molar-refractivity contribution < 1.29 is 9.32 Å². The van der Waals surface area contributed by atoms with Crippen LogP contribution in [0.25, 0.3) is 0 Å². The maximum absolute atomic E-state index is 11.5. The summed E-state index contributed by atoms with van der Waals surface area (Å²) in [7, 11) is 0. The molecule has 0 atom stereocenters. The van der Waals surface area contributed by atoms with Crippen molar-refractivity contribution in [1.29, 1.82) is 0 Å². The number of nitrogens with one attached hydrogen (secondary N) is 2. The standard InChI is InChI=1S/C12H14N4O2/c1-9-15-11(16-18-9)8-14-12(17)13-7-10-5-3-2-4-6-10/h2-6H,7-8H2,1H3,(H2,13,14,17). The normalized spacial score (nSPS) is 10.1. The highest BCUT2D eigenvalue weighted by Crippen LogP contribution is 1.97. The number of urea groups is 1. The van der Waals surface area contributed by atoms with E-state index in [2.05, 4.69) is 20.8 Å². The van der Waals surface area contributed by atoms with Gasteiger partial charge in [0.1, 0.15) is 0 Å². The number of carbonyl (C=O) groups is 1. The Balaban J connectivity index is 1.73. The van der Waals surface area contributed by atoms with Gasteiger partial charge in [-0.1, -0.05) is 35.5 Å². The zero-order valence-corrected chi connectivity index (χ0v) is 10.0. The predicted octanol–water partition coefficient (Wildman–Crippen LogP) is 1.38. The first kappa shape index (κ1) is 12.1. The molecule has 94 valence electrons. The van der Waals surface area contributed by atoms with Crippen molar-refractivity contribution in [1.82, 2.24) is 20.8 Å². The Morgan fingerprint density at radius 3 is 2.61 bits per heavy atom. The second-order valence-corrected chi connectivity index (χ2v) is 3.75. The van der Waals surface area contributed by atoms with Gasteiger partial charge in [0.05, 0.1) is 6.54 Å². The molecule has 0 saturated heterocycles. The molecule has 1 aromatic heterocycles. The molecule has 0 aliphatic heterocycles. The molecular weight excluding hydrogens is 232 g/mol. The lowest BCUT2D eigenvalue weighted by Crippen LogP contribution is -2.34. The van der Waals surface area contributed by atoms with E-state index in [-0.39, 0.29) is 12.6 Å². The maximum Gasteiger partial charge on any atom is 0.315 e. The second kappa shape index (κ2) is 5.81. The van der Waals surface area contributed by atoms with Crippen molar-refractivity contribution in [3.8, 4) is 0 Å². The van der Waals surface area contributed by atoms with Crippen LogP contribution in [0, 0.1) is 6.92 Å². The Kier molecular flexibility index (Phi) is 3.90. The molecule has 0 aliphatic carbocycles. The van der Waals surface area contributed by atoms with E-state index in [9.17, 15) is 4.79 Å². The van der Waals surface area contributed by atoms with Gasteiger partial charge in [0.25, 0.3) is 0 Å². The monoisotopic (exact) mass is 246 g/mol. The van der Waals surface area contributed by atoms with Gasteiger partial charge in [-0.25, -0.2) is 4.79 Å². The van der Waals surface area contributed by atoms with Crippen molar-refractivity contribution >= 4 is 6.03 Å². The number of rotatable bonds is 4. The average molecular weight is 246 g/mol. The van der Waals surface area contributed by atoms with E-state index < -0.39 is 0 Å². The van der Waals surface area contributed by atoms with Crippen LogP contribution in [0.15, 0.2) is 34.9 Å². The smallest absolute Gasteiger partial charge is 0.315 e. The lowest BCUT2D eigenvalue weighted by Gasteiger charge is -2.05. The fourth-order valence-corrected chi connectivity index (χ4v) is 1.41. The van der Waals surface area contributed by atoms with Gasteiger partial charge in [0.2, 0.25) is 5.89 Å². The molecule has 1 heterocycles. The maximum atomic E-state index is 11.5. The number of carbonyl (C=O) groups excluding carboxylic acids is 1. The largest absolute Gasteiger partial charge is 0.340 e. The highest BCUT2D eigenvalue weighted by atomic mass is 16.5. The molecule has 0 fully saturated rings. The Morgan fingerprint density at radius 2 is 1.94 bits per heavy atom. The topological polar surface area (TPSA) is 80.0 Å². The fourth-order valence-electron chi connectivity index (χ4n) is 1.41. The number of benzene rings is 1. The van der Waals surface area contributed by atoms with Crippen LogP contribution >= 0.6 is 0 Å². The summed E-state index contributed by atoms with van der Waals surface area (Å²) in [6.45, 7) is 2.43. The molecule has 0 radical (unpaired) electrons. The number of amides is 2. The van der Waals surface area contributed by atoms with E-state index in [1.807, 2.05) is 30.3 Å². The van der Waals surface area contributed by atoms with E-state index in [0.717, 1.165) is 5.56 Å². The van der Waals surface area contributed by atoms with Crippen molar-refractivity contribution in [3.05, 3.63) is 47.6 Å². The third kappa shape index (κ3) is 3.58. The van der Waals surface area contributed by atoms with Crippen molar-refractivity contribution in [2.75, 3.05) is 0 Å². The van der Waals surface area contributed by atoms with Gasteiger partial charge in [-0.05, 0) is 5.56 Å². The molecule has 6 heteroatoms. The van der Waals surface area contributed by atoms with Crippen molar-refractivity contribution in [2.45, 2.75) is 20.0 Å². The minimum Gasteiger partial charge on any atom is -0.340 e. The van der Waals surface area contributed by atoms with E-state index >= 15 is 0 Å². The number of aromatic nitrogens is 2. The van der Waals surface area contributed by atoms with Gasteiger partial charge < -0.3 is 15.2 Å². The number of nitrogens with zero attached hydrogens (tertiary/aromatic N) is 2. The summed E-state index contributed by atoms with van der Waals surface area (Å²) in [4.78, 5) is 15.5. The molecule has 0 bridgehead atoms. The molecule has 0 unspecified atom stereocenters. The van der Waals surface area contributed by atoms with Crippen molar-refractivity contribution in [3.63, 3.8) is 0 Å². The minimum absolute atomic E-state index is 0.248. The van der Waals surface area contributed by atoms with Crippen LogP contribution in [0.1, 0.15) is 17.3 Å². The van der Waals surface area contributed by atoms with Crippen LogP contribution < -0.4 is 10.6 Å². The zero-order valence-electron chi connectivity index (χ0n) is 10.0. The lowest BCUT2D eigenvalue weighted by molar-refractivity contribution is 0.239. The van der Waals surface area contributed by atoms with Crippen LogP contribution in [0.2, 0.25) is 0 Å². The van der Waals surface area contributed by atoms with Crippen LogP contribution in [0.4, 0.5) is 4.79 Å². The van der Waals surface area contributed by atoms with E-state index in [0.29, 0.717) is 18.3 Å². The number of aryl methyl sites for hydroxylation is 1. The van der Waals surface area contributed by atoms with E-state index in [1.54, 1.807) is 6.92 Å². The molecule has 2 aromatic rings. The van der Waals surface area contributed by atoms with Gasteiger partial charge >= 0.3 is 6.03 Å². The molecule has 6 nitrogen and oxygen atoms in total. The van der Waals surface area contributed by atoms with Crippen LogP contribution in [0.3, 0.4) is 0 Å². The van der Waals surface area contributed by atoms with Gasteiger partial charge in [0.15, 0.2) is 5.82 Å². The summed E-state index contributed by atoms with van der Waals surface area (Å²) in [6, 6.07) is 9.42. The predicted molar refractivity (Wildman–Crippen MR) is 64.6 cm³/mol. The Bertz CT molecular complexity index is 510. The molecule has 1 aromatic carbocycles. The van der Waals surface area contributed by atoms with Gasteiger partial charge in [-0.15, -0.1) is 0 Å². The summed E-state index contributed by atoms with van der Waals surface area (Å²) in [5.74, 6) is 0.943. The van der Waals surface area contributed by atoms with Gasteiger partial charge in [-0.2, -0.15) is 4.98 Å². The average Bonchev–Trinajstić information content (AvgIpc) is 2.81. The van der Waals surface area contributed by atoms with Crippen molar-refractivity contribution in [2.24, 2.45) is 0 Å². The molecule has 0 spiro atoms. The van der Waals surface area contributed by atoms with Crippen LogP contribution in [-0.2, 0) is 13.1 Å². The molecule has 2 rings (SSSR count). The minimum atomic E-state index is -0.263. The Morgan fingerprint density at radius 1 is 1.22 bits per heavy atom. The van der Waals surface area contributed by atoms with E-state index in [4.69, 9.17) is 4.52 Å². The lowest BCUT2D eigenvalue weighted by atomic mass is 10.2. The number of hydrogen-bond acceptors (Lipinski definition) is 4. The summed E-state index contributed by atoms with van der Waals surface area (Å²) >= 11 is 0. The first-order valence-electron chi connectivity index (χ1n) is 5.59. The van der Waals surface area contributed by atoms with Gasteiger partial charge in [0, 0.05) is 13.5 Å². The molecule has 18 heavy (non-hydrogen) atoms. The van der Waals surface area contributed by atoms with Crippen LogP contribution in [-0.4, -0.2) is 16.2 Å². The molecule has 2 amide bonds. The van der Waals surface area contributed by atoms with Gasteiger partial charge in [-0.3, -0.25) is 0 Å². The molecular formula is C12H14N4O2. The zero-order chi connectivity index (χ0) is 12.8. The van der Waals surface area contributed by atoms with E-state index in [1.165, 1.54) is 0 Å². The molecule has 2 N–H and O–H groups in total. The molecule has 0 saturated carbocycles. The summed E-state index contributed by atoms with van der Waals surface area (Å²) < 4.78 is 4.79. The SMILES string of the molecule is Cc1nc(CNC(=O)NCc2ccccc2)no1. The first-order chi connectivity index (χ1) is 8.74. The highest BCUT2D eigenvalue weighted by Gasteiger charge is 2.04. The third-order valence-electron chi connectivity index (χ3n) is 2.27. The highest BCUT2D eigenvalue weighted by molar-refractivity contribution is 5.73. The summed E-state index contributed by atoms with van der Waals surface area (Å²) in [5.41, 5.74) is 1.04. The summed E-state index contributed by atoms with van der Waals surface area (Å²) in [5, 5.41) is 9.06.